The molecule has 3 aromatic rings. The number of rotatable bonds is 5. The van der Waals surface area contributed by atoms with Gasteiger partial charge in [-0.2, -0.15) is 5.10 Å². The van der Waals surface area contributed by atoms with E-state index < -0.39 is 0 Å². The van der Waals surface area contributed by atoms with Gasteiger partial charge in [-0.3, -0.25) is 14.9 Å². The van der Waals surface area contributed by atoms with Gasteiger partial charge in [-0.25, -0.2) is 4.98 Å². The molecule has 0 radical (unpaired) electrons. The number of H-pyrrole nitrogens is 1. The Labute approximate surface area is 163 Å². The molecule has 2 atom stereocenters. The fourth-order valence-electron chi connectivity index (χ4n) is 3.66. The van der Waals surface area contributed by atoms with E-state index in [-0.39, 0.29) is 17.7 Å². The number of methoxy groups -OCH3 is 1. The van der Waals surface area contributed by atoms with Gasteiger partial charge in [-0.1, -0.05) is 30.3 Å². The van der Waals surface area contributed by atoms with E-state index in [2.05, 4.69) is 15.2 Å². The Morgan fingerprint density at radius 1 is 1.21 bits per heavy atom. The molecule has 0 unspecified atom stereocenters. The van der Waals surface area contributed by atoms with Gasteiger partial charge in [0, 0.05) is 49.5 Å². The first-order chi connectivity index (χ1) is 13.7. The lowest BCUT2D eigenvalue weighted by Gasteiger charge is -2.16. The first kappa shape index (κ1) is 18.3. The molecule has 4 rings (SSSR count). The third-order valence-electron chi connectivity index (χ3n) is 5.15. The zero-order chi connectivity index (χ0) is 19.5. The lowest BCUT2D eigenvalue weighted by Crippen LogP contribution is -2.29. The summed E-state index contributed by atoms with van der Waals surface area (Å²) in [4.78, 5) is 23.7. The van der Waals surface area contributed by atoms with Crippen molar-refractivity contribution in [3.05, 3.63) is 65.7 Å². The molecular weight excluding hydrogens is 354 g/mol. The van der Waals surface area contributed by atoms with E-state index in [9.17, 15) is 4.79 Å². The highest BCUT2D eigenvalue weighted by molar-refractivity contribution is 5.94. The van der Waals surface area contributed by atoms with Crippen molar-refractivity contribution in [3.8, 4) is 11.4 Å². The molecular formula is C21H23N5O2. The van der Waals surface area contributed by atoms with Gasteiger partial charge in [0.1, 0.15) is 5.82 Å². The maximum atomic E-state index is 12.9. The van der Waals surface area contributed by atoms with E-state index >= 15 is 0 Å². The first-order valence-electron chi connectivity index (χ1n) is 9.34. The summed E-state index contributed by atoms with van der Waals surface area (Å²) in [5, 5.41) is 7.45. The molecule has 1 N–H and O–H groups in total. The average Bonchev–Trinajstić information content (AvgIpc) is 3.36. The number of nitrogens with one attached hydrogen (secondary N) is 1. The zero-order valence-corrected chi connectivity index (χ0v) is 16.0. The van der Waals surface area contributed by atoms with Crippen LogP contribution in [0.25, 0.3) is 11.4 Å². The van der Waals surface area contributed by atoms with Crippen molar-refractivity contribution < 1.29 is 9.53 Å². The smallest absolute Gasteiger partial charge is 0.255 e. The summed E-state index contributed by atoms with van der Waals surface area (Å²) in [7, 11) is 1.68. The summed E-state index contributed by atoms with van der Waals surface area (Å²) >= 11 is 0. The standard InChI is InChI=1S/C21H23N5O2/c1-14-8-9-16(10-22-14)21(27)26-11-17(13-28-2)18(12-26)20-23-19(24-25-20)15-6-4-3-5-7-15/h3-10,17-18H,11-13H2,1-2H3,(H,23,24,25)/t17-,18+/m0/s1. The molecule has 0 bridgehead atoms. The number of carbonyl (C=O) groups is 1. The molecule has 3 heterocycles. The van der Waals surface area contributed by atoms with E-state index in [0.717, 1.165) is 17.1 Å². The fraction of sp³-hybridized carbons (Fsp3) is 0.333. The molecule has 7 heteroatoms. The van der Waals surface area contributed by atoms with Crippen LogP contribution in [0.2, 0.25) is 0 Å². The van der Waals surface area contributed by atoms with E-state index in [1.54, 1.807) is 13.3 Å². The topological polar surface area (TPSA) is 84.0 Å². The molecule has 0 spiro atoms. The van der Waals surface area contributed by atoms with Gasteiger partial charge in [-0.15, -0.1) is 0 Å². The lowest BCUT2D eigenvalue weighted by molar-refractivity contribution is 0.0775. The van der Waals surface area contributed by atoms with Crippen LogP contribution in [0, 0.1) is 12.8 Å². The monoisotopic (exact) mass is 377 g/mol. The number of hydrogen-bond donors (Lipinski definition) is 1. The molecule has 0 saturated carbocycles. The molecule has 28 heavy (non-hydrogen) atoms. The van der Waals surface area contributed by atoms with Gasteiger partial charge >= 0.3 is 0 Å². The Morgan fingerprint density at radius 3 is 2.75 bits per heavy atom. The largest absolute Gasteiger partial charge is 0.384 e. The maximum absolute atomic E-state index is 12.9. The Balaban J connectivity index is 1.55. The van der Waals surface area contributed by atoms with Crippen LogP contribution in [0.1, 0.15) is 27.8 Å². The zero-order valence-electron chi connectivity index (χ0n) is 16.0. The Bertz CT molecular complexity index is 939. The Morgan fingerprint density at radius 2 is 2.04 bits per heavy atom. The highest BCUT2D eigenvalue weighted by Gasteiger charge is 2.38. The van der Waals surface area contributed by atoms with Crippen LogP contribution in [-0.4, -0.2) is 57.8 Å². The van der Waals surface area contributed by atoms with Gasteiger partial charge in [0.2, 0.25) is 0 Å². The van der Waals surface area contributed by atoms with E-state index in [0.29, 0.717) is 31.1 Å². The normalized spacial score (nSPS) is 19.1. The van der Waals surface area contributed by atoms with Gasteiger partial charge in [0.15, 0.2) is 5.82 Å². The molecule has 1 saturated heterocycles. The fourth-order valence-corrected chi connectivity index (χ4v) is 3.66. The molecule has 0 aliphatic carbocycles. The third kappa shape index (κ3) is 3.66. The molecule has 1 aromatic carbocycles. The van der Waals surface area contributed by atoms with Crippen molar-refractivity contribution in [1.82, 2.24) is 25.1 Å². The van der Waals surface area contributed by atoms with Gasteiger partial charge < -0.3 is 9.64 Å². The van der Waals surface area contributed by atoms with Crippen LogP contribution in [0.3, 0.4) is 0 Å². The number of pyridine rings is 1. The second-order valence-electron chi connectivity index (χ2n) is 7.13. The summed E-state index contributed by atoms with van der Waals surface area (Å²) in [6, 6.07) is 13.5. The molecule has 1 amide bonds. The number of likely N-dealkylation sites (tertiary alicyclic amines) is 1. The molecule has 1 aliphatic heterocycles. The highest BCUT2D eigenvalue weighted by Crippen LogP contribution is 2.32. The van der Waals surface area contributed by atoms with E-state index in [1.165, 1.54) is 0 Å². The summed E-state index contributed by atoms with van der Waals surface area (Å²) < 4.78 is 5.41. The molecule has 7 nitrogen and oxygen atoms in total. The second-order valence-corrected chi connectivity index (χ2v) is 7.13. The van der Waals surface area contributed by atoms with Crippen molar-refractivity contribution in [3.63, 3.8) is 0 Å². The highest BCUT2D eigenvalue weighted by atomic mass is 16.5. The summed E-state index contributed by atoms with van der Waals surface area (Å²) in [6.45, 7) is 3.65. The number of carbonyl (C=O) groups excluding carboxylic acids is 1. The van der Waals surface area contributed by atoms with Gasteiger partial charge in [0.25, 0.3) is 5.91 Å². The van der Waals surface area contributed by atoms with Gasteiger partial charge in [-0.05, 0) is 19.1 Å². The summed E-state index contributed by atoms with van der Waals surface area (Å²) in [5.74, 6) is 1.65. The number of ether oxygens (including phenoxy) is 1. The molecule has 1 aliphatic rings. The number of amides is 1. The van der Waals surface area contributed by atoms with Crippen LogP contribution >= 0.6 is 0 Å². The van der Waals surface area contributed by atoms with Crippen molar-refractivity contribution in [1.29, 1.82) is 0 Å². The Kier molecular flexibility index (Phi) is 5.16. The predicted octanol–water partition coefficient (Wildman–Crippen LogP) is 2.68. The van der Waals surface area contributed by atoms with Crippen LogP contribution in [0.5, 0.6) is 0 Å². The van der Waals surface area contributed by atoms with Crippen LogP contribution in [-0.2, 0) is 4.74 Å². The number of benzene rings is 1. The van der Waals surface area contributed by atoms with E-state index in [4.69, 9.17) is 9.72 Å². The molecule has 144 valence electrons. The quantitative estimate of drug-likeness (QED) is 0.739. The Hall–Kier alpha value is -3.06. The first-order valence-corrected chi connectivity index (χ1v) is 9.34. The van der Waals surface area contributed by atoms with Crippen LogP contribution < -0.4 is 0 Å². The number of aryl methyl sites for hydroxylation is 1. The van der Waals surface area contributed by atoms with Crippen LogP contribution in [0.4, 0.5) is 0 Å². The molecule has 1 fully saturated rings. The van der Waals surface area contributed by atoms with E-state index in [1.807, 2.05) is 54.3 Å². The average molecular weight is 377 g/mol. The van der Waals surface area contributed by atoms with Crippen molar-refractivity contribution in [2.75, 3.05) is 26.8 Å². The minimum absolute atomic E-state index is 0.0149. The van der Waals surface area contributed by atoms with Crippen molar-refractivity contribution >= 4 is 5.91 Å². The maximum Gasteiger partial charge on any atom is 0.255 e. The summed E-state index contributed by atoms with van der Waals surface area (Å²) in [6.07, 6.45) is 1.64. The minimum Gasteiger partial charge on any atom is -0.384 e. The molecule has 2 aromatic heterocycles. The SMILES string of the molecule is COC[C@@H]1CN(C(=O)c2ccc(C)nc2)C[C@H]1c1nc(-c2ccccc2)n[nH]1. The van der Waals surface area contributed by atoms with Crippen molar-refractivity contribution in [2.24, 2.45) is 5.92 Å². The minimum atomic E-state index is -0.0149. The third-order valence-corrected chi connectivity index (χ3v) is 5.15. The van der Waals surface area contributed by atoms with Gasteiger partial charge in [0.05, 0.1) is 12.2 Å². The summed E-state index contributed by atoms with van der Waals surface area (Å²) in [5.41, 5.74) is 2.46. The lowest BCUT2D eigenvalue weighted by atomic mass is 9.96. The number of hydrogen-bond acceptors (Lipinski definition) is 5. The predicted molar refractivity (Wildman–Crippen MR) is 105 cm³/mol. The number of aromatic amines is 1. The van der Waals surface area contributed by atoms with Crippen LogP contribution in [0.15, 0.2) is 48.7 Å². The number of aromatic nitrogens is 4. The second kappa shape index (κ2) is 7.90. The number of nitrogens with zero attached hydrogens (tertiary/aromatic N) is 4. The van der Waals surface area contributed by atoms with Crippen molar-refractivity contribution in [2.45, 2.75) is 12.8 Å².